The Hall–Kier alpha value is -2.62. The zero-order chi connectivity index (χ0) is 22.0. The number of anilines is 1. The van der Waals surface area contributed by atoms with Gasteiger partial charge in [0.2, 0.25) is 10.0 Å². The van der Waals surface area contributed by atoms with Gasteiger partial charge in [-0.25, -0.2) is 23.1 Å². The van der Waals surface area contributed by atoms with Crippen LogP contribution in [0.4, 0.5) is 5.82 Å². The molecule has 1 aliphatic heterocycles. The predicted octanol–water partition coefficient (Wildman–Crippen LogP) is 3.38. The van der Waals surface area contributed by atoms with Gasteiger partial charge in [-0.15, -0.1) is 0 Å². The largest absolute Gasteiger partial charge is 0.497 e. The van der Waals surface area contributed by atoms with E-state index < -0.39 is 10.0 Å². The summed E-state index contributed by atoms with van der Waals surface area (Å²) in [5.41, 5.74) is 0.717. The van der Waals surface area contributed by atoms with Crippen molar-refractivity contribution < 1.29 is 17.9 Å². The van der Waals surface area contributed by atoms with Gasteiger partial charge >= 0.3 is 0 Å². The van der Waals surface area contributed by atoms with Crippen LogP contribution in [0.1, 0.15) is 18.7 Å². The lowest BCUT2D eigenvalue weighted by Crippen LogP contribution is -2.26. The van der Waals surface area contributed by atoms with Crippen molar-refractivity contribution in [2.75, 3.05) is 32.2 Å². The number of aromatic nitrogens is 2. The first-order valence-corrected chi connectivity index (χ1v) is 11.7. The molecule has 4 rings (SSSR count). The van der Waals surface area contributed by atoms with E-state index in [1.54, 1.807) is 18.2 Å². The highest BCUT2D eigenvalue weighted by Gasteiger charge is 2.22. The van der Waals surface area contributed by atoms with E-state index in [1.165, 1.54) is 20.3 Å². The Kier molecular flexibility index (Phi) is 6.17. The normalized spacial score (nSPS) is 14.2. The molecule has 0 amide bonds. The van der Waals surface area contributed by atoms with Crippen molar-refractivity contribution in [1.29, 1.82) is 0 Å². The summed E-state index contributed by atoms with van der Waals surface area (Å²) in [7, 11) is -1.01. The van der Waals surface area contributed by atoms with Crippen LogP contribution in [0.2, 0.25) is 5.02 Å². The van der Waals surface area contributed by atoms with E-state index >= 15 is 0 Å². The molecule has 1 N–H and O–H groups in total. The fraction of sp³-hybridized carbons (Fsp3) is 0.333. The third kappa shape index (κ3) is 4.53. The second-order valence-electron chi connectivity index (χ2n) is 7.16. The van der Waals surface area contributed by atoms with Crippen molar-refractivity contribution >= 4 is 38.3 Å². The molecule has 0 unspecified atom stereocenters. The predicted molar refractivity (Wildman–Crippen MR) is 120 cm³/mol. The summed E-state index contributed by atoms with van der Waals surface area (Å²) in [5, 5.41) is 1.46. The molecule has 2 heterocycles. The van der Waals surface area contributed by atoms with Gasteiger partial charge in [0.1, 0.15) is 28.0 Å². The number of rotatable bonds is 7. The smallest absolute Gasteiger partial charge is 0.244 e. The van der Waals surface area contributed by atoms with E-state index in [0.29, 0.717) is 16.6 Å². The van der Waals surface area contributed by atoms with Crippen LogP contribution in [0.3, 0.4) is 0 Å². The SMILES string of the molecule is COc1ccc(OC)c(S(=O)(=O)NCc2nc(N3CCCC3)c3cc(Cl)ccc3n2)c1. The van der Waals surface area contributed by atoms with Gasteiger partial charge in [0.05, 0.1) is 26.3 Å². The topological polar surface area (TPSA) is 93.6 Å². The summed E-state index contributed by atoms with van der Waals surface area (Å²) in [6.07, 6.45) is 2.17. The Labute approximate surface area is 186 Å². The van der Waals surface area contributed by atoms with E-state index in [9.17, 15) is 8.42 Å². The van der Waals surface area contributed by atoms with Crippen LogP contribution in [0.15, 0.2) is 41.3 Å². The minimum atomic E-state index is -3.90. The molecular weight excluding hydrogens is 440 g/mol. The van der Waals surface area contributed by atoms with E-state index in [4.69, 9.17) is 21.1 Å². The second-order valence-corrected chi connectivity index (χ2v) is 9.33. The zero-order valence-electron chi connectivity index (χ0n) is 17.3. The minimum absolute atomic E-state index is 0.0123. The molecule has 2 aromatic carbocycles. The van der Waals surface area contributed by atoms with Gasteiger partial charge in [-0.3, -0.25) is 0 Å². The van der Waals surface area contributed by atoms with Crippen molar-refractivity contribution in [1.82, 2.24) is 14.7 Å². The molecule has 0 bridgehead atoms. The molecule has 1 aliphatic rings. The number of benzene rings is 2. The number of hydrogen-bond donors (Lipinski definition) is 1. The first kappa shape index (κ1) is 21.6. The Balaban J connectivity index is 1.67. The summed E-state index contributed by atoms with van der Waals surface area (Å²) in [6.45, 7) is 1.72. The number of sulfonamides is 1. The van der Waals surface area contributed by atoms with Gasteiger partial charge < -0.3 is 14.4 Å². The maximum Gasteiger partial charge on any atom is 0.244 e. The highest BCUT2D eigenvalue weighted by molar-refractivity contribution is 7.89. The van der Waals surface area contributed by atoms with Crippen molar-refractivity contribution in [2.24, 2.45) is 0 Å². The van der Waals surface area contributed by atoms with E-state index in [-0.39, 0.29) is 17.2 Å². The average molecular weight is 463 g/mol. The summed E-state index contributed by atoms with van der Waals surface area (Å²) in [4.78, 5) is 11.4. The minimum Gasteiger partial charge on any atom is -0.497 e. The van der Waals surface area contributed by atoms with Gasteiger partial charge in [-0.05, 0) is 43.2 Å². The number of halogens is 1. The van der Waals surface area contributed by atoms with Crippen molar-refractivity contribution in [3.8, 4) is 11.5 Å². The Morgan fingerprint density at radius 2 is 1.84 bits per heavy atom. The lowest BCUT2D eigenvalue weighted by Gasteiger charge is -2.19. The summed E-state index contributed by atoms with van der Waals surface area (Å²) >= 11 is 6.19. The van der Waals surface area contributed by atoms with Crippen LogP contribution in [0, 0.1) is 0 Å². The Bertz CT molecular complexity index is 1210. The molecule has 1 saturated heterocycles. The third-order valence-electron chi connectivity index (χ3n) is 5.17. The number of ether oxygens (including phenoxy) is 2. The van der Waals surface area contributed by atoms with Crippen LogP contribution in [-0.2, 0) is 16.6 Å². The zero-order valence-corrected chi connectivity index (χ0v) is 18.8. The number of fused-ring (bicyclic) bond motifs is 1. The summed E-state index contributed by atoms with van der Waals surface area (Å²) in [6, 6.07) is 10.0. The average Bonchev–Trinajstić information content (AvgIpc) is 3.31. The molecule has 0 aliphatic carbocycles. The molecular formula is C21H23ClN4O4S. The van der Waals surface area contributed by atoms with E-state index in [1.807, 2.05) is 12.1 Å². The molecule has 8 nitrogen and oxygen atoms in total. The maximum atomic E-state index is 13.0. The molecule has 0 spiro atoms. The molecule has 31 heavy (non-hydrogen) atoms. The summed E-state index contributed by atoms with van der Waals surface area (Å²) < 4.78 is 38.9. The molecule has 3 aromatic rings. The molecule has 10 heteroatoms. The molecule has 0 radical (unpaired) electrons. The number of nitrogens with one attached hydrogen (secondary N) is 1. The van der Waals surface area contributed by atoms with Crippen molar-refractivity contribution in [3.05, 3.63) is 47.2 Å². The van der Waals surface area contributed by atoms with Gasteiger partial charge in [0.15, 0.2) is 0 Å². The number of methoxy groups -OCH3 is 2. The molecule has 0 saturated carbocycles. The fourth-order valence-corrected chi connectivity index (χ4v) is 4.95. The van der Waals surface area contributed by atoms with Gasteiger partial charge in [-0.1, -0.05) is 11.6 Å². The number of nitrogens with zero attached hydrogens (tertiary/aromatic N) is 3. The number of hydrogen-bond acceptors (Lipinski definition) is 7. The molecule has 0 atom stereocenters. The Morgan fingerprint density at radius 3 is 2.55 bits per heavy atom. The van der Waals surface area contributed by atoms with Crippen LogP contribution < -0.4 is 19.1 Å². The van der Waals surface area contributed by atoms with Gasteiger partial charge in [0, 0.05) is 29.6 Å². The monoisotopic (exact) mass is 462 g/mol. The van der Waals surface area contributed by atoms with E-state index in [2.05, 4.69) is 19.6 Å². The first-order valence-electron chi connectivity index (χ1n) is 9.84. The van der Waals surface area contributed by atoms with Crippen LogP contribution in [-0.4, -0.2) is 45.7 Å². The quantitative estimate of drug-likeness (QED) is 0.575. The summed E-state index contributed by atoms with van der Waals surface area (Å²) in [5.74, 6) is 1.79. The van der Waals surface area contributed by atoms with Gasteiger partial charge in [-0.2, -0.15) is 0 Å². The van der Waals surface area contributed by atoms with Crippen LogP contribution in [0.5, 0.6) is 11.5 Å². The maximum absolute atomic E-state index is 13.0. The third-order valence-corrected chi connectivity index (χ3v) is 6.83. The van der Waals surface area contributed by atoms with Crippen molar-refractivity contribution in [2.45, 2.75) is 24.3 Å². The molecule has 1 fully saturated rings. The highest BCUT2D eigenvalue weighted by atomic mass is 35.5. The molecule has 1 aromatic heterocycles. The fourth-order valence-electron chi connectivity index (χ4n) is 3.61. The Morgan fingerprint density at radius 1 is 1.06 bits per heavy atom. The highest BCUT2D eigenvalue weighted by Crippen LogP contribution is 2.30. The lowest BCUT2D eigenvalue weighted by atomic mass is 10.2. The first-order chi connectivity index (χ1) is 14.9. The van der Waals surface area contributed by atoms with Gasteiger partial charge in [0.25, 0.3) is 0 Å². The van der Waals surface area contributed by atoms with E-state index in [0.717, 1.165) is 42.7 Å². The lowest BCUT2D eigenvalue weighted by molar-refractivity contribution is 0.392. The second kappa shape index (κ2) is 8.86. The standard InChI is InChI=1S/C21H23ClN4O4S/c1-29-15-6-8-18(30-2)19(12-15)31(27,28)23-13-20-24-17-7-5-14(22)11-16(17)21(25-20)26-9-3-4-10-26/h5-8,11-12,23H,3-4,9-10,13H2,1-2H3. The van der Waals surface area contributed by atoms with Crippen LogP contribution >= 0.6 is 11.6 Å². The van der Waals surface area contributed by atoms with Crippen molar-refractivity contribution in [3.63, 3.8) is 0 Å². The van der Waals surface area contributed by atoms with Crippen LogP contribution in [0.25, 0.3) is 10.9 Å². The molecule has 164 valence electrons.